The van der Waals surface area contributed by atoms with Gasteiger partial charge in [-0.3, -0.25) is 4.79 Å². The Labute approximate surface area is 171 Å². The van der Waals surface area contributed by atoms with Gasteiger partial charge in [0.25, 0.3) is 0 Å². The summed E-state index contributed by atoms with van der Waals surface area (Å²) in [6, 6.07) is 3.73. The van der Waals surface area contributed by atoms with Crippen LogP contribution in [0.15, 0.2) is 36.5 Å². The minimum Gasteiger partial charge on any atom is -0.384 e. The Morgan fingerprint density at radius 3 is 2.63 bits per heavy atom. The second-order valence-electron chi connectivity index (χ2n) is 7.73. The lowest BCUT2D eigenvalue weighted by atomic mass is 9.84. The molecule has 0 spiro atoms. The molecule has 0 aliphatic heterocycles. The van der Waals surface area contributed by atoms with Crippen molar-refractivity contribution in [2.24, 2.45) is 5.92 Å². The van der Waals surface area contributed by atoms with Crippen molar-refractivity contribution in [3.8, 4) is 0 Å². The van der Waals surface area contributed by atoms with Crippen molar-refractivity contribution in [3.05, 3.63) is 53.4 Å². The summed E-state index contributed by atoms with van der Waals surface area (Å²) in [7, 11) is 1.49. The van der Waals surface area contributed by atoms with Gasteiger partial charge in [-0.15, -0.1) is 0 Å². The monoisotopic (exact) mass is 429 g/mol. The van der Waals surface area contributed by atoms with Crippen molar-refractivity contribution in [1.82, 2.24) is 4.40 Å². The zero-order chi connectivity index (χ0) is 21.9. The van der Waals surface area contributed by atoms with Crippen molar-refractivity contribution < 1.29 is 31.5 Å². The van der Waals surface area contributed by atoms with E-state index in [2.05, 4.69) is 0 Å². The smallest absolute Gasteiger partial charge is 0.384 e. The molecule has 2 aromatic rings. The summed E-state index contributed by atoms with van der Waals surface area (Å²) >= 11 is 0. The van der Waals surface area contributed by atoms with Crippen LogP contribution in [0.3, 0.4) is 0 Å². The number of carbonyl (C=O) groups is 1. The second-order valence-corrected chi connectivity index (χ2v) is 7.73. The summed E-state index contributed by atoms with van der Waals surface area (Å²) in [6.07, 6.45) is 0.968. The van der Waals surface area contributed by atoms with Crippen molar-refractivity contribution in [2.45, 2.75) is 50.6 Å². The summed E-state index contributed by atoms with van der Waals surface area (Å²) in [5.74, 6) is -3.09. The number of rotatable bonds is 7. The molecule has 1 fully saturated rings. The lowest BCUT2D eigenvalue weighted by Crippen LogP contribution is -2.24. The molecule has 0 saturated heterocycles. The van der Waals surface area contributed by atoms with Gasteiger partial charge in [-0.25, -0.2) is 8.78 Å². The van der Waals surface area contributed by atoms with Gasteiger partial charge in [-0.05, 0) is 49.5 Å². The number of halogens is 5. The zero-order valence-electron chi connectivity index (χ0n) is 16.6. The van der Waals surface area contributed by atoms with Gasteiger partial charge in [-0.1, -0.05) is 6.08 Å². The SMILES string of the molecule is COCCc1cc(C(=O)C=CCC2CCC(F)(F)CC2)c2c(C(F)(F)F)cccn12. The molecule has 1 aliphatic carbocycles. The van der Waals surface area contributed by atoms with E-state index in [-0.39, 0.29) is 29.8 Å². The van der Waals surface area contributed by atoms with E-state index in [0.29, 0.717) is 38.0 Å². The number of pyridine rings is 1. The number of nitrogens with zero attached hydrogens (tertiary/aromatic N) is 1. The number of ether oxygens (including phenoxy) is 1. The van der Waals surface area contributed by atoms with Crippen molar-refractivity contribution in [1.29, 1.82) is 0 Å². The summed E-state index contributed by atoms with van der Waals surface area (Å²) in [4.78, 5) is 12.8. The first-order chi connectivity index (χ1) is 14.1. The van der Waals surface area contributed by atoms with E-state index in [0.717, 1.165) is 6.07 Å². The van der Waals surface area contributed by atoms with Crippen LogP contribution >= 0.6 is 0 Å². The van der Waals surface area contributed by atoms with Gasteiger partial charge < -0.3 is 9.14 Å². The first kappa shape index (κ1) is 22.5. The molecule has 0 radical (unpaired) electrons. The molecule has 3 rings (SSSR count). The number of hydrogen-bond acceptors (Lipinski definition) is 2. The highest BCUT2D eigenvalue weighted by Gasteiger charge is 2.35. The van der Waals surface area contributed by atoms with E-state index in [4.69, 9.17) is 4.74 Å². The topological polar surface area (TPSA) is 30.7 Å². The number of fused-ring (bicyclic) bond motifs is 1. The minimum absolute atomic E-state index is 0.0274. The zero-order valence-corrected chi connectivity index (χ0v) is 16.6. The molecule has 2 aromatic heterocycles. The molecule has 1 aliphatic rings. The first-order valence-electron chi connectivity index (χ1n) is 9.90. The van der Waals surface area contributed by atoms with Crippen LogP contribution in [0.25, 0.3) is 5.52 Å². The molecule has 0 unspecified atom stereocenters. The minimum atomic E-state index is -4.61. The van der Waals surface area contributed by atoms with Crippen LogP contribution in [0, 0.1) is 5.92 Å². The number of ketones is 1. The van der Waals surface area contributed by atoms with Crippen molar-refractivity contribution in [3.63, 3.8) is 0 Å². The van der Waals surface area contributed by atoms with Gasteiger partial charge in [-0.2, -0.15) is 13.2 Å². The maximum atomic E-state index is 13.6. The third-order valence-electron chi connectivity index (χ3n) is 5.58. The quantitative estimate of drug-likeness (QED) is 0.302. The number of hydrogen-bond donors (Lipinski definition) is 0. The van der Waals surface area contributed by atoms with E-state index in [1.807, 2.05) is 0 Å². The summed E-state index contributed by atoms with van der Waals surface area (Å²) in [5.41, 5.74) is -0.535. The molecular formula is C22H24F5NO2. The Morgan fingerprint density at radius 1 is 1.30 bits per heavy atom. The number of aromatic nitrogens is 1. The van der Waals surface area contributed by atoms with Gasteiger partial charge in [0.1, 0.15) is 0 Å². The van der Waals surface area contributed by atoms with E-state index < -0.39 is 23.4 Å². The van der Waals surface area contributed by atoms with E-state index in [1.54, 1.807) is 6.08 Å². The van der Waals surface area contributed by atoms with Gasteiger partial charge in [0, 0.05) is 43.8 Å². The van der Waals surface area contributed by atoms with E-state index >= 15 is 0 Å². The first-order valence-corrected chi connectivity index (χ1v) is 9.90. The molecule has 8 heteroatoms. The fraction of sp³-hybridized carbons (Fsp3) is 0.500. The van der Waals surface area contributed by atoms with Crippen molar-refractivity contribution >= 4 is 11.3 Å². The van der Waals surface area contributed by atoms with Crippen molar-refractivity contribution in [2.75, 3.05) is 13.7 Å². The lowest BCUT2D eigenvalue weighted by Gasteiger charge is -2.27. The average Bonchev–Trinajstić information content (AvgIpc) is 3.05. The number of allylic oxidation sites excluding steroid dienone is 2. The average molecular weight is 429 g/mol. The van der Waals surface area contributed by atoms with Crippen LogP contribution in [-0.4, -0.2) is 29.8 Å². The van der Waals surface area contributed by atoms with Gasteiger partial charge >= 0.3 is 6.18 Å². The normalized spacial score (nSPS) is 17.8. The number of carbonyl (C=O) groups excluding carboxylic acids is 1. The Hall–Kier alpha value is -2.22. The molecule has 0 amide bonds. The molecule has 0 atom stereocenters. The van der Waals surface area contributed by atoms with Gasteiger partial charge in [0.2, 0.25) is 5.92 Å². The van der Waals surface area contributed by atoms with Crippen LogP contribution in [0.1, 0.15) is 53.7 Å². The number of methoxy groups -OCH3 is 1. The molecule has 0 bridgehead atoms. The Balaban J connectivity index is 1.85. The predicted molar refractivity (Wildman–Crippen MR) is 103 cm³/mol. The van der Waals surface area contributed by atoms with Crippen LogP contribution in [0.2, 0.25) is 0 Å². The maximum Gasteiger partial charge on any atom is 0.418 e. The molecule has 2 heterocycles. The Morgan fingerprint density at radius 2 is 2.00 bits per heavy atom. The van der Waals surface area contributed by atoms with Crippen LogP contribution < -0.4 is 0 Å². The molecule has 3 nitrogen and oxygen atoms in total. The van der Waals surface area contributed by atoms with Crippen LogP contribution in [0.4, 0.5) is 22.0 Å². The fourth-order valence-corrected chi connectivity index (χ4v) is 3.94. The van der Waals surface area contributed by atoms with Gasteiger partial charge in [0.15, 0.2) is 5.78 Å². The highest BCUT2D eigenvalue weighted by atomic mass is 19.4. The summed E-state index contributed by atoms with van der Waals surface area (Å²) < 4.78 is 73.6. The third kappa shape index (κ3) is 5.09. The second kappa shape index (κ2) is 8.88. The Kier molecular flexibility index (Phi) is 6.65. The third-order valence-corrected chi connectivity index (χ3v) is 5.58. The highest BCUT2D eigenvalue weighted by Crippen LogP contribution is 2.38. The van der Waals surface area contributed by atoms with E-state index in [9.17, 15) is 26.7 Å². The molecule has 1 saturated carbocycles. The summed E-state index contributed by atoms with van der Waals surface area (Å²) in [5, 5.41) is 0. The highest BCUT2D eigenvalue weighted by molar-refractivity contribution is 6.10. The standard InChI is InChI=1S/C22H24F5NO2/c1-30-13-9-16-14-17(20-18(22(25,26)27)5-3-12-28(16)20)19(29)6-2-4-15-7-10-21(23,24)11-8-15/h2-3,5-6,12,14-15H,4,7-11,13H2,1H3. The van der Waals surface area contributed by atoms with Gasteiger partial charge in [0.05, 0.1) is 17.7 Å². The van der Waals surface area contributed by atoms with Crippen LogP contribution in [0.5, 0.6) is 0 Å². The molecule has 30 heavy (non-hydrogen) atoms. The Bertz CT molecular complexity index is 919. The molecule has 164 valence electrons. The number of alkyl halides is 5. The molecule has 0 aromatic carbocycles. The largest absolute Gasteiger partial charge is 0.418 e. The lowest BCUT2D eigenvalue weighted by molar-refractivity contribution is -0.136. The molecular weight excluding hydrogens is 405 g/mol. The predicted octanol–water partition coefficient (Wildman–Crippen LogP) is 6.10. The fourth-order valence-electron chi connectivity index (χ4n) is 3.94. The van der Waals surface area contributed by atoms with E-state index in [1.165, 1.54) is 35.9 Å². The summed E-state index contributed by atoms with van der Waals surface area (Å²) in [6.45, 7) is 0.304. The molecule has 0 N–H and O–H groups in total. The van der Waals surface area contributed by atoms with Crippen LogP contribution in [-0.2, 0) is 17.3 Å². The maximum absolute atomic E-state index is 13.6.